The van der Waals surface area contributed by atoms with E-state index in [1.54, 1.807) is 6.08 Å². The van der Waals surface area contributed by atoms with Crippen LogP contribution in [0.15, 0.2) is 60.7 Å². The van der Waals surface area contributed by atoms with Crippen molar-refractivity contribution in [2.24, 2.45) is 5.41 Å². The van der Waals surface area contributed by atoms with E-state index in [0.717, 1.165) is 29.3 Å². The second-order valence-electron chi connectivity index (χ2n) is 10.1. The summed E-state index contributed by atoms with van der Waals surface area (Å²) in [4.78, 5) is 27.0. The van der Waals surface area contributed by atoms with Gasteiger partial charge < -0.3 is 9.64 Å². The maximum absolute atomic E-state index is 13.4. The third-order valence-corrected chi connectivity index (χ3v) is 9.45. The van der Waals surface area contributed by atoms with Crippen LogP contribution in [-0.2, 0) is 14.8 Å². The fourth-order valence-corrected chi connectivity index (χ4v) is 7.00. The summed E-state index contributed by atoms with van der Waals surface area (Å²) in [7, 11) is -3.99. The molecule has 42 heavy (non-hydrogen) atoms. The number of benzene rings is 2. The molecule has 0 saturated carbocycles. The lowest BCUT2D eigenvalue weighted by Gasteiger charge is -2.41. The summed E-state index contributed by atoms with van der Waals surface area (Å²) in [6.07, 6.45) is -9.50. The van der Waals surface area contributed by atoms with Crippen LogP contribution in [-0.4, -0.2) is 78.9 Å². The van der Waals surface area contributed by atoms with Crippen LogP contribution in [0.4, 0.5) is 22.0 Å². The van der Waals surface area contributed by atoms with E-state index in [4.69, 9.17) is 0 Å². The molecule has 2 N–H and O–H groups in total. The van der Waals surface area contributed by atoms with E-state index in [0.29, 0.717) is 6.42 Å². The van der Waals surface area contributed by atoms with E-state index in [9.17, 15) is 45.2 Å². The van der Waals surface area contributed by atoms with Crippen molar-refractivity contribution >= 4 is 27.4 Å². The average molecular weight is 618 g/mol. The number of halogens is 5. The van der Waals surface area contributed by atoms with Gasteiger partial charge in [-0.25, -0.2) is 13.9 Å². The Morgan fingerprint density at radius 1 is 0.976 bits per heavy atom. The molecule has 2 aromatic carbocycles. The van der Waals surface area contributed by atoms with Gasteiger partial charge in [0.1, 0.15) is 5.75 Å². The lowest BCUT2D eigenvalue weighted by atomic mass is 9.79. The fraction of sp³-hybridized carbons (Fsp3) is 0.407. The maximum Gasteiger partial charge on any atom is 0.499 e. The summed E-state index contributed by atoms with van der Waals surface area (Å²) in [5.41, 5.74) is 1.68. The van der Waals surface area contributed by atoms with Gasteiger partial charge in [0, 0.05) is 31.7 Å². The second kappa shape index (κ2) is 12.0. The summed E-state index contributed by atoms with van der Waals surface area (Å²) in [6.45, 7) is -0.0106. The zero-order valence-corrected chi connectivity index (χ0v) is 22.9. The molecule has 2 aliphatic rings. The third kappa shape index (κ3) is 6.73. The smallest absolute Gasteiger partial charge is 0.426 e. The molecule has 2 aromatic rings. The molecule has 0 atom stereocenters. The normalized spacial score (nSPS) is 18.2. The zero-order chi connectivity index (χ0) is 30.8. The molecule has 228 valence electrons. The lowest BCUT2D eigenvalue weighted by Crippen LogP contribution is -2.54. The average Bonchev–Trinajstić information content (AvgIpc) is 2.96. The van der Waals surface area contributed by atoms with Crippen molar-refractivity contribution in [2.75, 3.05) is 31.9 Å². The Kier molecular flexibility index (Phi) is 8.94. The number of hydrogen-bond donors (Lipinski definition) is 2. The van der Waals surface area contributed by atoms with Gasteiger partial charge in [-0.15, -0.1) is 0 Å². The summed E-state index contributed by atoms with van der Waals surface area (Å²) in [5, 5.41) is 9.40. The molecule has 0 bridgehead atoms. The van der Waals surface area contributed by atoms with Crippen LogP contribution in [0, 0.1) is 5.41 Å². The summed E-state index contributed by atoms with van der Waals surface area (Å²) in [6, 6.07) is 13.3. The minimum absolute atomic E-state index is 0.0970. The molecular weight excluding hydrogens is 589 g/mol. The van der Waals surface area contributed by atoms with E-state index < -0.39 is 51.0 Å². The predicted octanol–water partition coefficient (Wildman–Crippen LogP) is 4.07. The van der Waals surface area contributed by atoms with Gasteiger partial charge in [0.25, 0.3) is 11.8 Å². The van der Waals surface area contributed by atoms with Crippen molar-refractivity contribution < 1.29 is 49.9 Å². The molecule has 0 spiro atoms. The lowest BCUT2D eigenvalue weighted by molar-refractivity contribution is -0.360. The summed E-state index contributed by atoms with van der Waals surface area (Å²) >= 11 is 0. The van der Waals surface area contributed by atoms with Gasteiger partial charge in [0.2, 0.25) is 10.0 Å². The number of piperidine rings is 1. The molecule has 0 unspecified atom stereocenters. The van der Waals surface area contributed by atoms with E-state index in [1.807, 2.05) is 30.3 Å². The summed E-state index contributed by atoms with van der Waals surface area (Å²) < 4.78 is 96.0. The first-order valence-electron chi connectivity index (χ1n) is 12.9. The number of hydroxylamine groups is 1. The van der Waals surface area contributed by atoms with Gasteiger partial charge in [0.15, 0.2) is 0 Å². The van der Waals surface area contributed by atoms with Crippen molar-refractivity contribution in [3.8, 4) is 5.75 Å². The van der Waals surface area contributed by atoms with E-state index >= 15 is 0 Å². The highest BCUT2D eigenvalue weighted by molar-refractivity contribution is 7.89. The SMILES string of the molecule is O=C(c1cccc(OC(F)(F)C(F)(F)F)c1)N1CCC(CS(=O)(=O)N2CC=C(c3ccccc3)CC2)(C(=O)NO)CC1. The zero-order valence-electron chi connectivity index (χ0n) is 22.1. The Labute approximate surface area is 238 Å². The second-order valence-corrected chi connectivity index (χ2v) is 12.1. The number of nitrogens with zero attached hydrogens (tertiary/aromatic N) is 2. The van der Waals surface area contributed by atoms with Gasteiger partial charge in [-0.2, -0.15) is 26.3 Å². The minimum Gasteiger partial charge on any atom is -0.426 e. The molecule has 9 nitrogen and oxygen atoms in total. The van der Waals surface area contributed by atoms with Crippen molar-refractivity contribution in [2.45, 2.75) is 31.5 Å². The Bertz CT molecular complexity index is 1440. The number of ether oxygens (including phenoxy) is 1. The maximum atomic E-state index is 13.4. The third-order valence-electron chi connectivity index (χ3n) is 7.42. The molecule has 15 heteroatoms. The van der Waals surface area contributed by atoms with Crippen molar-refractivity contribution in [3.05, 3.63) is 71.8 Å². The Hall–Kier alpha value is -3.56. The van der Waals surface area contributed by atoms with Crippen LogP contribution < -0.4 is 10.2 Å². The largest absolute Gasteiger partial charge is 0.499 e. The van der Waals surface area contributed by atoms with Gasteiger partial charge in [-0.1, -0.05) is 42.5 Å². The highest BCUT2D eigenvalue weighted by Crippen LogP contribution is 2.38. The first kappa shape index (κ1) is 31.4. The first-order chi connectivity index (χ1) is 19.7. The molecule has 2 heterocycles. The fourth-order valence-electron chi connectivity index (χ4n) is 5.03. The predicted molar refractivity (Wildman–Crippen MR) is 140 cm³/mol. The van der Waals surface area contributed by atoms with Crippen LogP contribution in [0.1, 0.15) is 35.2 Å². The Balaban J connectivity index is 1.44. The van der Waals surface area contributed by atoms with Gasteiger partial charge in [-0.3, -0.25) is 14.8 Å². The Morgan fingerprint density at radius 2 is 1.64 bits per heavy atom. The van der Waals surface area contributed by atoms with Crippen LogP contribution >= 0.6 is 0 Å². The molecule has 2 aliphatic heterocycles. The molecule has 1 fully saturated rings. The molecule has 4 rings (SSSR count). The van der Waals surface area contributed by atoms with Crippen LogP contribution in [0.2, 0.25) is 0 Å². The number of alkyl halides is 5. The standard InChI is InChI=1S/C27H28F5N3O6S/c28-26(29,30)27(31,32)41-22-8-4-7-21(17-22)23(36)34-15-11-25(12-16-34,24(37)33-38)18-42(39,40)35-13-9-20(10-14-35)19-5-2-1-3-6-19/h1-9,17,38H,10-16,18H2,(H,33,37). The number of rotatable bonds is 8. The molecular formula is C27H28F5N3O6S. The number of amides is 2. The molecule has 1 saturated heterocycles. The van der Waals surface area contributed by atoms with Crippen LogP contribution in [0.5, 0.6) is 5.75 Å². The first-order valence-corrected chi connectivity index (χ1v) is 14.5. The Morgan fingerprint density at radius 3 is 2.21 bits per heavy atom. The summed E-state index contributed by atoms with van der Waals surface area (Å²) in [5.74, 6) is -3.18. The minimum atomic E-state index is -5.97. The van der Waals surface area contributed by atoms with E-state index in [1.165, 1.54) is 20.8 Å². The highest BCUT2D eigenvalue weighted by atomic mass is 32.2. The highest BCUT2D eigenvalue weighted by Gasteiger charge is 2.61. The van der Waals surface area contributed by atoms with E-state index in [-0.39, 0.29) is 44.6 Å². The number of nitrogens with one attached hydrogen (secondary N) is 1. The topological polar surface area (TPSA) is 116 Å². The molecule has 2 amide bonds. The van der Waals surface area contributed by atoms with Gasteiger partial charge >= 0.3 is 12.3 Å². The van der Waals surface area contributed by atoms with Crippen molar-refractivity contribution in [3.63, 3.8) is 0 Å². The van der Waals surface area contributed by atoms with E-state index in [2.05, 4.69) is 4.74 Å². The number of hydrogen-bond acceptors (Lipinski definition) is 6. The molecule has 0 radical (unpaired) electrons. The number of carbonyl (C=O) groups excluding carboxylic acids is 2. The van der Waals surface area contributed by atoms with Gasteiger partial charge in [0.05, 0.1) is 11.2 Å². The van der Waals surface area contributed by atoms with Crippen molar-refractivity contribution in [1.29, 1.82) is 0 Å². The van der Waals surface area contributed by atoms with Crippen LogP contribution in [0.25, 0.3) is 5.57 Å². The van der Waals surface area contributed by atoms with Crippen molar-refractivity contribution in [1.82, 2.24) is 14.7 Å². The molecule has 0 aliphatic carbocycles. The van der Waals surface area contributed by atoms with Crippen LogP contribution in [0.3, 0.4) is 0 Å². The number of sulfonamides is 1. The number of likely N-dealkylation sites (tertiary alicyclic amines) is 1. The quantitative estimate of drug-likeness (QED) is 0.262. The molecule has 0 aromatic heterocycles. The van der Waals surface area contributed by atoms with Gasteiger partial charge in [-0.05, 0) is 48.6 Å². The number of carbonyl (C=O) groups is 2. The monoisotopic (exact) mass is 617 g/mol.